The van der Waals surface area contributed by atoms with E-state index in [2.05, 4.69) is 19.7 Å². The molecule has 5 rings (SSSR count). The third-order valence-electron chi connectivity index (χ3n) is 9.77. The number of nitrogens with one attached hydrogen (secondary N) is 1. The Morgan fingerprint density at radius 1 is 1.26 bits per heavy atom. The Morgan fingerprint density at radius 2 is 1.94 bits per heavy atom. The topological polar surface area (TPSA) is 294 Å². The van der Waals surface area contributed by atoms with Crippen molar-refractivity contribution in [3.63, 3.8) is 0 Å². The number of carboxylic acids is 1. The molecule has 3 aliphatic rings. The minimum absolute atomic E-state index is 0.0234. The van der Waals surface area contributed by atoms with E-state index in [-0.39, 0.29) is 22.4 Å². The van der Waals surface area contributed by atoms with Crippen LogP contribution in [0.1, 0.15) is 70.2 Å². The van der Waals surface area contributed by atoms with Crippen LogP contribution in [0.3, 0.4) is 0 Å². The minimum Gasteiger partial charge on any atom is -0.485 e. The monoisotopic (exact) mass is 780 g/mol. The van der Waals surface area contributed by atoms with Gasteiger partial charge in [-0.25, -0.2) is 9.78 Å². The van der Waals surface area contributed by atoms with Gasteiger partial charge in [-0.15, -0.1) is 15.6 Å². The Labute approximate surface area is 309 Å². The van der Waals surface area contributed by atoms with Crippen molar-refractivity contribution < 1.29 is 51.1 Å². The van der Waals surface area contributed by atoms with E-state index >= 15 is 0 Å². The molecule has 19 nitrogen and oxygen atoms in total. The number of aliphatic carboxylic acids is 1. The average Bonchev–Trinajstić information content (AvgIpc) is 3.51. The van der Waals surface area contributed by atoms with Gasteiger partial charge in [-0.05, 0) is 76.6 Å². The lowest BCUT2D eigenvalue weighted by Gasteiger charge is -2.50. The molecular formula is C32H44N8O11S2. The number of methoxy groups -OCH3 is 1. The number of amides is 2. The lowest BCUT2D eigenvalue weighted by atomic mass is 9.81. The molecule has 1 aromatic carbocycles. The zero-order valence-corrected chi connectivity index (χ0v) is 31.4. The molecule has 2 aromatic rings. The Morgan fingerprint density at radius 3 is 2.51 bits per heavy atom. The number of carbonyl (C=O) groups is 3. The van der Waals surface area contributed by atoms with Gasteiger partial charge in [0.1, 0.15) is 23.3 Å². The molecule has 1 saturated heterocycles. The van der Waals surface area contributed by atoms with Crippen molar-refractivity contribution in [2.24, 2.45) is 27.5 Å². The fraction of sp³-hybridized carbons (Fsp3) is 0.562. The number of oxime groups is 1. The zero-order chi connectivity index (χ0) is 39.1. The van der Waals surface area contributed by atoms with E-state index in [1.807, 2.05) is 6.07 Å². The van der Waals surface area contributed by atoms with Crippen molar-refractivity contribution in [2.75, 3.05) is 19.5 Å². The third kappa shape index (κ3) is 8.39. The number of fused-ring (bicyclic) bond motifs is 1. The molecule has 2 amide bonds. The number of carbonyl (C=O) groups excluding carboxylic acids is 2. The van der Waals surface area contributed by atoms with Gasteiger partial charge in [0, 0.05) is 29.5 Å². The maximum absolute atomic E-state index is 13.6. The molecule has 1 saturated carbocycles. The van der Waals surface area contributed by atoms with Crippen molar-refractivity contribution in [3.8, 4) is 5.75 Å². The summed E-state index contributed by atoms with van der Waals surface area (Å²) in [6.07, 6.45) is 2.37. The van der Waals surface area contributed by atoms with Gasteiger partial charge < -0.3 is 41.9 Å². The molecule has 290 valence electrons. The zero-order valence-electron chi connectivity index (χ0n) is 29.8. The molecule has 0 radical (unpaired) electrons. The summed E-state index contributed by atoms with van der Waals surface area (Å²) in [7, 11) is -3.40. The first-order chi connectivity index (χ1) is 24.7. The van der Waals surface area contributed by atoms with Crippen molar-refractivity contribution in [1.82, 2.24) is 15.4 Å². The number of ether oxygens (including phenoxy) is 2. The smallest absolute Gasteiger partial charge is 0.418 e. The molecule has 53 heavy (non-hydrogen) atoms. The van der Waals surface area contributed by atoms with E-state index < -0.39 is 63.1 Å². The number of nitrogens with two attached hydrogens (primary N) is 3. The van der Waals surface area contributed by atoms with Crippen molar-refractivity contribution in [1.29, 1.82) is 0 Å². The molecule has 2 fully saturated rings. The van der Waals surface area contributed by atoms with Gasteiger partial charge in [-0.1, -0.05) is 12.1 Å². The number of aliphatic imine (C=N–C) groups is 1. The van der Waals surface area contributed by atoms with Gasteiger partial charge in [0.15, 0.2) is 16.9 Å². The molecule has 4 atom stereocenters. The highest BCUT2D eigenvalue weighted by Crippen LogP contribution is 2.38. The molecule has 1 aliphatic carbocycles. The van der Waals surface area contributed by atoms with Crippen LogP contribution in [0.25, 0.3) is 0 Å². The summed E-state index contributed by atoms with van der Waals surface area (Å²) in [6.45, 7) is 6.26. The summed E-state index contributed by atoms with van der Waals surface area (Å²) in [4.78, 5) is 53.6. The maximum atomic E-state index is 13.6. The summed E-state index contributed by atoms with van der Waals surface area (Å²) in [6, 6.07) is 3.96. The highest BCUT2D eigenvalue weighted by molar-refractivity contribution is 7.80. The third-order valence-corrected chi connectivity index (χ3v) is 10.8. The molecule has 3 heterocycles. The Hall–Kier alpha value is -4.41. The fourth-order valence-corrected chi connectivity index (χ4v) is 7.76. The molecule has 0 bridgehead atoms. The second-order valence-electron chi connectivity index (χ2n) is 14.3. The van der Waals surface area contributed by atoms with E-state index in [1.54, 1.807) is 26.2 Å². The summed E-state index contributed by atoms with van der Waals surface area (Å²) in [5, 5.41) is 18.6. The molecule has 21 heteroatoms. The number of hydrogen-bond donors (Lipinski definition) is 6. The van der Waals surface area contributed by atoms with Crippen LogP contribution in [0.5, 0.6) is 5.75 Å². The predicted molar refractivity (Wildman–Crippen MR) is 191 cm³/mol. The number of rotatable bonds is 13. The number of thiazole rings is 1. The quantitative estimate of drug-likeness (QED) is 0.0538. The predicted octanol–water partition coefficient (Wildman–Crippen LogP) is 0.761. The molecule has 2 aliphatic heterocycles. The van der Waals surface area contributed by atoms with Gasteiger partial charge in [0.25, 0.3) is 17.4 Å². The first-order valence-corrected chi connectivity index (χ1v) is 18.9. The largest absolute Gasteiger partial charge is 0.485 e. The number of aromatic nitrogens is 1. The van der Waals surface area contributed by atoms with E-state index in [4.69, 9.17) is 41.1 Å². The van der Waals surface area contributed by atoms with Crippen LogP contribution in [0.2, 0.25) is 0 Å². The number of hydroxylamine groups is 2. The lowest BCUT2D eigenvalue weighted by Crippen LogP contribution is -2.76. The van der Waals surface area contributed by atoms with Crippen LogP contribution >= 0.6 is 11.3 Å². The molecular weight excluding hydrogens is 737 g/mol. The summed E-state index contributed by atoms with van der Waals surface area (Å²) in [5.74, 6) is -3.14. The standard InChI is InChI=1S/C32H44N8O11S2/c1-16-12-18-13-17(25(33)36-19-8-10-32(35,11-9-19)15-48-5)6-7-21(18)49-24(16)31(4,28(43)44)50-39-22(20-14-52-29(34)37-20)26(41)38-23-27(42)40(30(23,2)3)51-53(45,46)47/h6-7,13-14,16,19,23-24H,8-12,15,35H2,1-5H3,(H2,33,36)(H2,34,37)(H,38,41)(H,43,44)(H,45,46,47)/b39-22-/t16-,19?,23+,24+,31-,32?/m0/s1. The second-order valence-corrected chi connectivity index (χ2v) is 16.2. The highest BCUT2D eigenvalue weighted by atomic mass is 32.3. The minimum atomic E-state index is -5.04. The van der Waals surface area contributed by atoms with E-state index in [0.29, 0.717) is 35.2 Å². The Kier molecular flexibility index (Phi) is 11.1. The van der Waals surface area contributed by atoms with Crippen LogP contribution in [0.15, 0.2) is 33.7 Å². The molecule has 9 N–H and O–H groups in total. The van der Waals surface area contributed by atoms with Gasteiger partial charge in [-0.3, -0.25) is 19.1 Å². The number of nitrogen functional groups attached to an aromatic ring is 1. The average molecular weight is 781 g/mol. The van der Waals surface area contributed by atoms with E-state index in [1.165, 1.54) is 26.2 Å². The van der Waals surface area contributed by atoms with Crippen LogP contribution in [0, 0.1) is 5.92 Å². The van der Waals surface area contributed by atoms with E-state index in [9.17, 15) is 27.9 Å². The summed E-state index contributed by atoms with van der Waals surface area (Å²) in [5.41, 5.74) is 15.5. The van der Waals surface area contributed by atoms with Crippen LogP contribution in [0.4, 0.5) is 5.13 Å². The van der Waals surface area contributed by atoms with Gasteiger partial charge in [0.05, 0.1) is 18.2 Å². The number of nitrogens with zero attached hydrogens (tertiary/aromatic N) is 4. The first-order valence-electron chi connectivity index (χ1n) is 16.6. The van der Waals surface area contributed by atoms with Gasteiger partial charge >= 0.3 is 16.4 Å². The maximum Gasteiger partial charge on any atom is 0.418 e. The second kappa shape index (κ2) is 14.8. The van der Waals surface area contributed by atoms with Gasteiger partial charge in [0.2, 0.25) is 0 Å². The fourth-order valence-electron chi connectivity index (χ4n) is 6.76. The van der Waals surface area contributed by atoms with Crippen LogP contribution in [-0.4, -0.2) is 106 Å². The molecule has 0 spiro atoms. The normalized spacial score (nSPS) is 27.2. The number of anilines is 1. The Bertz CT molecular complexity index is 1930. The Balaban J connectivity index is 1.34. The van der Waals surface area contributed by atoms with Gasteiger partial charge in [-0.2, -0.15) is 13.5 Å². The first kappa shape index (κ1) is 39.8. The van der Waals surface area contributed by atoms with Crippen molar-refractivity contribution in [3.05, 3.63) is 40.4 Å². The summed E-state index contributed by atoms with van der Waals surface area (Å²) >= 11 is 0.963. The number of benzene rings is 1. The lowest BCUT2D eigenvalue weighted by molar-refractivity contribution is -0.218. The number of β-lactam (4-membered cyclic amide) rings is 1. The van der Waals surface area contributed by atoms with Crippen molar-refractivity contribution in [2.45, 2.75) is 94.7 Å². The summed E-state index contributed by atoms with van der Waals surface area (Å²) < 4.78 is 47.3. The van der Waals surface area contributed by atoms with Crippen molar-refractivity contribution >= 4 is 56.2 Å². The van der Waals surface area contributed by atoms with Crippen LogP contribution in [-0.2, 0) is 45.1 Å². The SMILES string of the molecule is COCC1(N)CCC(N=C(N)c2ccc3c(c2)C[C@H](C)[C@H]([C@](C)(O/N=C(\C(=O)N[C@@H]2C(=O)N(OS(=O)(=O)O)C2(C)C)c2csc(N)n2)C(=O)O)O3)CC1. The number of amidine groups is 1. The highest BCUT2D eigenvalue weighted by Gasteiger charge is 2.58. The molecule has 0 unspecified atom stereocenters. The van der Waals surface area contributed by atoms with E-state index in [0.717, 1.165) is 42.6 Å². The number of carboxylic acid groups (broad SMARTS) is 1. The molecule has 1 aromatic heterocycles. The van der Waals surface area contributed by atoms with Crippen LogP contribution < -0.4 is 27.3 Å². The number of hydrogen-bond acceptors (Lipinski definition) is 15.